The summed E-state index contributed by atoms with van der Waals surface area (Å²) >= 11 is 0. The second kappa shape index (κ2) is 10.2. The molecule has 2 rings (SSSR count). The first-order chi connectivity index (χ1) is 9.79. The molecule has 1 amide bonds. The van der Waals surface area contributed by atoms with Crippen molar-refractivity contribution in [2.75, 3.05) is 26.2 Å². The number of halogens is 1. The molecule has 0 radical (unpaired) electrons. The first kappa shape index (κ1) is 18.5. The fourth-order valence-corrected chi connectivity index (χ4v) is 3.56. The Morgan fingerprint density at radius 1 is 1.19 bits per heavy atom. The Morgan fingerprint density at radius 3 is 2.57 bits per heavy atom. The van der Waals surface area contributed by atoms with Crippen molar-refractivity contribution in [3.05, 3.63) is 12.7 Å². The number of rotatable bonds is 7. The Balaban J connectivity index is 0.00000220. The molecule has 2 fully saturated rings. The van der Waals surface area contributed by atoms with Crippen LogP contribution in [0.1, 0.15) is 51.4 Å². The summed E-state index contributed by atoms with van der Waals surface area (Å²) in [5, 5.41) is 3.38. The minimum atomic E-state index is 0. The summed E-state index contributed by atoms with van der Waals surface area (Å²) in [4.78, 5) is 14.5. The van der Waals surface area contributed by atoms with Crippen LogP contribution in [0.15, 0.2) is 12.7 Å². The van der Waals surface area contributed by atoms with Gasteiger partial charge in [0.25, 0.3) is 0 Å². The summed E-state index contributed by atoms with van der Waals surface area (Å²) in [5.41, 5.74) is 0. The molecule has 1 heterocycles. The van der Waals surface area contributed by atoms with Gasteiger partial charge in [-0.05, 0) is 50.6 Å². The van der Waals surface area contributed by atoms with E-state index in [1.54, 1.807) is 0 Å². The Morgan fingerprint density at radius 2 is 1.95 bits per heavy atom. The maximum atomic E-state index is 12.4. The first-order valence-electron chi connectivity index (χ1n) is 8.39. The normalized spacial score (nSPS) is 22.6. The van der Waals surface area contributed by atoms with Gasteiger partial charge in [0.2, 0.25) is 5.91 Å². The van der Waals surface area contributed by atoms with Gasteiger partial charge < -0.3 is 10.2 Å². The third kappa shape index (κ3) is 6.39. The zero-order valence-electron chi connectivity index (χ0n) is 13.2. The topological polar surface area (TPSA) is 32.3 Å². The van der Waals surface area contributed by atoms with Crippen LogP contribution < -0.4 is 5.32 Å². The van der Waals surface area contributed by atoms with Gasteiger partial charge >= 0.3 is 0 Å². The minimum absolute atomic E-state index is 0. The highest BCUT2D eigenvalue weighted by Gasteiger charge is 2.21. The molecule has 122 valence electrons. The van der Waals surface area contributed by atoms with E-state index in [0.717, 1.165) is 38.5 Å². The van der Waals surface area contributed by atoms with Gasteiger partial charge in [-0.3, -0.25) is 4.79 Å². The van der Waals surface area contributed by atoms with Crippen LogP contribution in [-0.2, 0) is 4.79 Å². The largest absolute Gasteiger partial charge is 0.339 e. The number of hydrogen-bond acceptors (Lipinski definition) is 2. The quantitative estimate of drug-likeness (QED) is 0.731. The zero-order chi connectivity index (χ0) is 14.2. The molecule has 21 heavy (non-hydrogen) atoms. The molecule has 0 aromatic rings. The van der Waals surface area contributed by atoms with Gasteiger partial charge in [-0.15, -0.1) is 19.0 Å². The van der Waals surface area contributed by atoms with Gasteiger partial charge in [0.1, 0.15) is 0 Å². The molecule has 1 aliphatic heterocycles. The van der Waals surface area contributed by atoms with Crippen LogP contribution in [0.3, 0.4) is 0 Å². The third-order valence-electron chi connectivity index (χ3n) is 4.83. The third-order valence-corrected chi connectivity index (χ3v) is 4.83. The lowest BCUT2D eigenvalue weighted by atomic mass is 9.89. The second-order valence-corrected chi connectivity index (χ2v) is 6.49. The SMILES string of the molecule is C=CCN(CC1CCCCC1)C(=O)CCC1CCNC1.Cl. The highest BCUT2D eigenvalue weighted by molar-refractivity contribution is 5.85. The lowest BCUT2D eigenvalue weighted by Crippen LogP contribution is -2.36. The van der Waals surface area contributed by atoms with Crippen molar-refractivity contribution in [3.8, 4) is 0 Å². The van der Waals surface area contributed by atoms with E-state index in [9.17, 15) is 4.79 Å². The molecule has 2 aliphatic rings. The molecule has 4 heteroatoms. The smallest absolute Gasteiger partial charge is 0.222 e. The summed E-state index contributed by atoms with van der Waals surface area (Å²) in [6, 6.07) is 0. The van der Waals surface area contributed by atoms with Gasteiger partial charge in [0, 0.05) is 19.5 Å². The zero-order valence-corrected chi connectivity index (χ0v) is 14.0. The van der Waals surface area contributed by atoms with E-state index in [-0.39, 0.29) is 12.4 Å². The Labute approximate surface area is 136 Å². The molecule has 1 saturated heterocycles. The number of nitrogens with zero attached hydrogens (tertiary/aromatic N) is 1. The van der Waals surface area contributed by atoms with E-state index in [0.29, 0.717) is 18.2 Å². The fourth-order valence-electron chi connectivity index (χ4n) is 3.56. The van der Waals surface area contributed by atoms with Crippen LogP contribution in [-0.4, -0.2) is 37.0 Å². The molecular weight excluding hydrogens is 284 g/mol. The molecule has 0 aromatic carbocycles. The average Bonchev–Trinajstić information content (AvgIpc) is 2.99. The molecule has 1 unspecified atom stereocenters. The highest BCUT2D eigenvalue weighted by Crippen LogP contribution is 2.25. The van der Waals surface area contributed by atoms with Crippen molar-refractivity contribution < 1.29 is 4.79 Å². The van der Waals surface area contributed by atoms with Crippen LogP contribution in [0.25, 0.3) is 0 Å². The van der Waals surface area contributed by atoms with Crippen molar-refractivity contribution in [1.82, 2.24) is 10.2 Å². The van der Waals surface area contributed by atoms with Crippen LogP contribution in [0.4, 0.5) is 0 Å². The van der Waals surface area contributed by atoms with Gasteiger partial charge in [-0.1, -0.05) is 25.3 Å². The molecule has 1 aliphatic carbocycles. The van der Waals surface area contributed by atoms with Gasteiger partial charge in [0.05, 0.1) is 0 Å². The fraction of sp³-hybridized carbons (Fsp3) is 0.824. The van der Waals surface area contributed by atoms with Crippen molar-refractivity contribution in [2.45, 2.75) is 51.4 Å². The standard InChI is InChI=1S/C17H30N2O.ClH/c1-2-12-19(14-16-6-4-3-5-7-16)17(20)9-8-15-10-11-18-13-15;/h2,15-16,18H,1,3-14H2;1H. The van der Waals surface area contributed by atoms with Crippen LogP contribution in [0, 0.1) is 11.8 Å². The van der Waals surface area contributed by atoms with Crippen LogP contribution >= 0.6 is 12.4 Å². The molecule has 1 saturated carbocycles. The summed E-state index contributed by atoms with van der Waals surface area (Å²) < 4.78 is 0. The van der Waals surface area contributed by atoms with E-state index in [1.165, 1.54) is 38.5 Å². The van der Waals surface area contributed by atoms with E-state index in [4.69, 9.17) is 0 Å². The van der Waals surface area contributed by atoms with E-state index >= 15 is 0 Å². The predicted molar refractivity (Wildman–Crippen MR) is 90.8 cm³/mol. The molecule has 1 N–H and O–H groups in total. The number of nitrogens with one attached hydrogen (secondary N) is 1. The molecule has 0 bridgehead atoms. The lowest BCUT2D eigenvalue weighted by Gasteiger charge is -2.29. The number of carbonyl (C=O) groups is 1. The second-order valence-electron chi connectivity index (χ2n) is 6.49. The summed E-state index contributed by atoms with van der Waals surface area (Å²) in [6.07, 6.45) is 11.5. The van der Waals surface area contributed by atoms with Gasteiger partial charge in [0.15, 0.2) is 0 Å². The first-order valence-corrected chi connectivity index (χ1v) is 8.39. The van der Waals surface area contributed by atoms with Crippen molar-refractivity contribution >= 4 is 18.3 Å². The monoisotopic (exact) mass is 314 g/mol. The Hall–Kier alpha value is -0.540. The maximum absolute atomic E-state index is 12.4. The predicted octanol–water partition coefficient (Wildman–Crippen LogP) is 3.39. The minimum Gasteiger partial charge on any atom is -0.339 e. The number of amides is 1. The summed E-state index contributed by atoms with van der Waals surface area (Å²) in [7, 11) is 0. The average molecular weight is 315 g/mol. The lowest BCUT2D eigenvalue weighted by molar-refractivity contribution is -0.131. The van der Waals surface area contributed by atoms with Crippen molar-refractivity contribution in [2.24, 2.45) is 11.8 Å². The van der Waals surface area contributed by atoms with Crippen molar-refractivity contribution in [3.63, 3.8) is 0 Å². The Kier molecular flexibility index (Phi) is 9.02. The molecular formula is C17H31ClN2O. The number of hydrogen-bond donors (Lipinski definition) is 1. The van der Waals surface area contributed by atoms with Gasteiger partial charge in [-0.25, -0.2) is 0 Å². The van der Waals surface area contributed by atoms with Crippen LogP contribution in [0.5, 0.6) is 0 Å². The Bertz CT molecular complexity index is 310. The van der Waals surface area contributed by atoms with Crippen molar-refractivity contribution in [1.29, 1.82) is 0 Å². The van der Waals surface area contributed by atoms with E-state index in [2.05, 4.69) is 11.9 Å². The molecule has 0 spiro atoms. The summed E-state index contributed by atoms with van der Waals surface area (Å²) in [6.45, 7) is 7.70. The highest BCUT2D eigenvalue weighted by atomic mass is 35.5. The number of carbonyl (C=O) groups excluding carboxylic acids is 1. The molecule has 0 aromatic heterocycles. The van der Waals surface area contributed by atoms with E-state index < -0.39 is 0 Å². The molecule has 1 atom stereocenters. The molecule has 3 nitrogen and oxygen atoms in total. The van der Waals surface area contributed by atoms with Gasteiger partial charge in [-0.2, -0.15) is 0 Å². The summed E-state index contributed by atoms with van der Waals surface area (Å²) in [5.74, 6) is 1.77. The van der Waals surface area contributed by atoms with Crippen LogP contribution in [0.2, 0.25) is 0 Å². The maximum Gasteiger partial charge on any atom is 0.222 e. The van der Waals surface area contributed by atoms with E-state index in [1.807, 2.05) is 11.0 Å².